The molecule has 0 saturated carbocycles. The molecule has 0 radical (unpaired) electrons. The third-order valence-electron chi connectivity index (χ3n) is 2.83. The van der Waals surface area contributed by atoms with E-state index in [-0.39, 0.29) is 11.5 Å². The first-order chi connectivity index (χ1) is 9.47. The van der Waals surface area contributed by atoms with Crippen molar-refractivity contribution in [3.8, 4) is 0 Å². The van der Waals surface area contributed by atoms with Gasteiger partial charge in [-0.15, -0.1) is 11.3 Å². The third-order valence-corrected chi connectivity index (χ3v) is 5.53. The number of hydrogen-bond donors (Lipinski definition) is 0. The van der Waals surface area contributed by atoms with E-state index in [0.29, 0.717) is 20.0 Å². The van der Waals surface area contributed by atoms with Gasteiger partial charge in [-0.25, -0.2) is 0 Å². The van der Waals surface area contributed by atoms with Gasteiger partial charge in [0, 0.05) is 22.1 Å². The van der Waals surface area contributed by atoms with Crippen LogP contribution < -0.4 is 0 Å². The van der Waals surface area contributed by atoms with E-state index in [1.807, 2.05) is 31.2 Å². The Morgan fingerprint density at radius 3 is 2.60 bits per heavy atom. The summed E-state index contributed by atoms with van der Waals surface area (Å²) >= 11 is 12.9. The molecule has 1 unspecified atom stereocenters. The van der Waals surface area contributed by atoms with Gasteiger partial charge in [-0.3, -0.25) is 9.00 Å². The molecule has 1 aromatic carbocycles. The lowest BCUT2D eigenvalue weighted by Crippen LogP contribution is -2.12. The molecule has 0 spiro atoms. The molecule has 1 aromatic heterocycles. The Morgan fingerprint density at radius 1 is 1.30 bits per heavy atom. The summed E-state index contributed by atoms with van der Waals surface area (Å²) in [5.41, 5.74) is 2.43. The summed E-state index contributed by atoms with van der Waals surface area (Å²) in [6, 6.07) is 9.24. The minimum atomic E-state index is -1.26. The zero-order chi connectivity index (χ0) is 14.7. The molecule has 0 fully saturated rings. The van der Waals surface area contributed by atoms with Crippen molar-refractivity contribution in [2.75, 3.05) is 5.75 Å². The number of thiophene rings is 1. The third kappa shape index (κ3) is 3.92. The highest BCUT2D eigenvalue weighted by Gasteiger charge is 2.17. The second kappa shape index (κ2) is 6.85. The SMILES string of the molecule is Cc1ccccc1CS(=O)CC(=O)c1cc(Cl)sc1Cl. The number of benzene rings is 1. The predicted octanol–water partition coefficient (Wildman–Crippen LogP) is 4.49. The number of carbonyl (C=O) groups is 1. The number of carbonyl (C=O) groups excluding carboxylic acids is 1. The van der Waals surface area contributed by atoms with Crippen LogP contribution in [-0.2, 0) is 16.6 Å². The van der Waals surface area contributed by atoms with Crippen molar-refractivity contribution in [1.82, 2.24) is 0 Å². The number of hydrogen-bond acceptors (Lipinski definition) is 3. The largest absolute Gasteiger partial charge is 0.293 e. The van der Waals surface area contributed by atoms with E-state index in [1.165, 1.54) is 6.07 Å². The summed E-state index contributed by atoms with van der Waals surface area (Å²) in [5.74, 6) is 0.0970. The molecule has 0 aliphatic carbocycles. The average Bonchev–Trinajstić information content (AvgIpc) is 2.71. The molecule has 0 amide bonds. The minimum Gasteiger partial charge on any atom is -0.293 e. The molecule has 2 aromatic rings. The lowest BCUT2D eigenvalue weighted by Gasteiger charge is -2.05. The van der Waals surface area contributed by atoms with E-state index in [9.17, 15) is 9.00 Å². The van der Waals surface area contributed by atoms with Gasteiger partial charge in [-0.2, -0.15) is 0 Å². The maximum atomic E-state index is 12.1. The van der Waals surface area contributed by atoms with Crippen molar-refractivity contribution >= 4 is 51.1 Å². The number of aryl methyl sites for hydroxylation is 1. The summed E-state index contributed by atoms with van der Waals surface area (Å²) in [5, 5.41) is 0. The second-order valence-electron chi connectivity index (χ2n) is 4.32. The van der Waals surface area contributed by atoms with Crippen LogP contribution in [0.15, 0.2) is 30.3 Å². The molecule has 20 heavy (non-hydrogen) atoms. The lowest BCUT2D eigenvalue weighted by molar-refractivity contribution is 0.102. The van der Waals surface area contributed by atoms with E-state index >= 15 is 0 Å². The molecule has 0 aliphatic rings. The lowest BCUT2D eigenvalue weighted by atomic mass is 10.1. The van der Waals surface area contributed by atoms with Crippen LogP contribution in [0.2, 0.25) is 8.67 Å². The Balaban J connectivity index is 2.03. The van der Waals surface area contributed by atoms with Crippen molar-refractivity contribution in [1.29, 1.82) is 0 Å². The smallest absolute Gasteiger partial charge is 0.177 e. The van der Waals surface area contributed by atoms with Crippen LogP contribution in [0, 0.1) is 6.92 Å². The van der Waals surface area contributed by atoms with E-state index in [2.05, 4.69) is 0 Å². The maximum absolute atomic E-state index is 12.1. The molecule has 1 atom stereocenters. The number of halogens is 2. The molecule has 1 heterocycles. The fourth-order valence-electron chi connectivity index (χ4n) is 1.75. The Hall–Kier alpha value is -0.680. The van der Waals surface area contributed by atoms with Gasteiger partial charge in [0.2, 0.25) is 0 Å². The highest BCUT2D eigenvalue weighted by Crippen LogP contribution is 2.31. The molecule has 6 heteroatoms. The highest BCUT2D eigenvalue weighted by molar-refractivity contribution is 7.85. The zero-order valence-electron chi connectivity index (χ0n) is 10.7. The molecule has 2 rings (SSSR count). The second-order valence-corrected chi connectivity index (χ2v) is 8.06. The van der Waals surface area contributed by atoms with Crippen molar-refractivity contribution in [3.63, 3.8) is 0 Å². The molecule has 0 N–H and O–H groups in total. The Morgan fingerprint density at radius 2 is 2.00 bits per heavy atom. The van der Waals surface area contributed by atoms with E-state index in [4.69, 9.17) is 23.2 Å². The van der Waals surface area contributed by atoms with Crippen LogP contribution in [0.5, 0.6) is 0 Å². The van der Waals surface area contributed by atoms with E-state index in [0.717, 1.165) is 22.5 Å². The topological polar surface area (TPSA) is 34.1 Å². The van der Waals surface area contributed by atoms with Gasteiger partial charge in [0.05, 0.1) is 10.1 Å². The first kappa shape index (κ1) is 15.7. The molecular formula is C14H12Cl2O2S2. The highest BCUT2D eigenvalue weighted by atomic mass is 35.5. The summed E-state index contributed by atoms with van der Waals surface area (Å²) in [7, 11) is -1.26. The van der Waals surface area contributed by atoms with Crippen LogP contribution in [0.3, 0.4) is 0 Å². The summed E-state index contributed by atoms with van der Waals surface area (Å²) < 4.78 is 12.9. The maximum Gasteiger partial charge on any atom is 0.177 e. The molecule has 2 nitrogen and oxygen atoms in total. The minimum absolute atomic E-state index is 0.0406. The van der Waals surface area contributed by atoms with Gasteiger partial charge in [-0.1, -0.05) is 47.5 Å². The Bertz CT molecular complexity index is 665. The standard InChI is InChI=1S/C14H12Cl2O2S2/c1-9-4-2-3-5-10(9)7-20(18)8-12(17)11-6-13(15)19-14(11)16/h2-6H,7-8H2,1H3. The normalized spacial score (nSPS) is 12.3. The fraction of sp³-hybridized carbons (Fsp3) is 0.214. The molecule has 0 aliphatic heterocycles. The van der Waals surface area contributed by atoms with Gasteiger partial charge in [0.25, 0.3) is 0 Å². The monoisotopic (exact) mass is 346 g/mol. The van der Waals surface area contributed by atoms with Gasteiger partial charge in [0.1, 0.15) is 4.34 Å². The fourth-order valence-corrected chi connectivity index (χ4v) is 4.47. The van der Waals surface area contributed by atoms with Gasteiger partial charge in [-0.05, 0) is 24.1 Å². The molecule has 0 saturated heterocycles. The van der Waals surface area contributed by atoms with Gasteiger partial charge in [0.15, 0.2) is 5.78 Å². The Labute approximate surface area is 134 Å². The molecule has 106 valence electrons. The zero-order valence-corrected chi connectivity index (χ0v) is 13.8. The summed E-state index contributed by atoms with van der Waals surface area (Å²) in [6.07, 6.45) is 0. The molecular weight excluding hydrogens is 335 g/mol. The molecule has 0 bridgehead atoms. The predicted molar refractivity (Wildman–Crippen MR) is 86.6 cm³/mol. The summed E-state index contributed by atoms with van der Waals surface area (Å²) in [4.78, 5) is 12.0. The number of Topliss-reactive ketones (excluding diaryl/α,β-unsaturated/α-hetero) is 1. The first-order valence-corrected chi connectivity index (χ1v) is 8.91. The first-order valence-electron chi connectivity index (χ1n) is 5.85. The van der Waals surface area contributed by atoms with Crippen molar-refractivity contribution in [2.45, 2.75) is 12.7 Å². The summed E-state index contributed by atoms with van der Waals surface area (Å²) in [6.45, 7) is 1.96. The Kier molecular flexibility index (Phi) is 5.38. The van der Waals surface area contributed by atoms with Crippen LogP contribution in [0.25, 0.3) is 0 Å². The van der Waals surface area contributed by atoms with Crippen molar-refractivity contribution < 1.29 is 9.00 Å². The average molecular weight is 347 g/mol. The van der Waals surface area contributed by atoms with Gasteiger partial charge >= 0.3 is 0 Å². The van der Waals surface area contributed by atoms with Crippen molar-refractivity contribution in [3.05, 3.63) is 55.7 Å². The van der Waals surface area contributed by atoms with Crippen LogP contribution >= 0.6 is 34.5 Å². The van der Waals surface area contributed by atoms with Gasteiger partial charge < -0.3 is 0 Å². The van der Waals surface area contributed by atoms with Crippen LogP contribution in [0.1, 0.15) is 21.5 Å². The van der Waals surface area contributed by atoms with Crippen LogP contribution in [-0.4, -0.2) is 15.7 Å². The van der Waals surface area contributed by atoms with Crippen molar-refractivity contribution in [2.24, 2.45) is 0 Å². The van der Waals surface area contributed by atoms with Crippen LogP contribution in [0.4, 0.5) is 0 Å². The van der Waals surface area contributed by atoms with E-state index < -0.39 is 10.8 Å². The number of ketones is 1. The quantitative estimate of drug-likeness (QED) is 0.747. The number of rotatable bonds is 5. The van der Waals surface area contributed by atoms with E-state index in [1.54, 1.807) is 0 Å².